The zero-order chi connectivity index (χ0) is 17.3. The van der Waals surface area contributed by atoms with Gasteiger partial charge in [0.05, 0.1) is 18.5 Å². The molecule has 0 radical (unpaired) electrons. The lowest BCUT2D eigenvalue weighted by Gasteiger charge is -2.57. The fraction of sp³-hybridized carbons (Fsp3) is 0.786. The summed E-state index contributed by atoms with van der Waals surface area (Å²) in [6, 6.07) is -1.95. The molecule has 22 heavy (non-hydrogen) atoms. The van der Waals surface area contributed by atoms with Crippen LogP contribution in [0.1, 0.15) is 41.0 Å². The molecule has 5 N–H and O–H groups in total. The molecule has 7 nitrogen and oxygen atoms in total. The zero-order valence-corrected chi connectivity index (χ0v) is 14.4. The van der Waals surface area contributed by atoms with Crippen molar-refractivity contribution in [1.29, 1.82) is 0 Å². The lowest BCUT2D eigenvalue weighted by Crippen LogP contribution is -2.68. The highest BCUT2D eigenvalue weighted by Crippen LogP contribution is 2.54. The number of carbonyl (C=O) groups is 3. The average molecular weight is 331 g/mol. The van der Waals surface area contributed by atoms with Crippen LogP contribution >= 0.6 is 11.8 Å². The molecule has 1 saturated heterocycles. The van der Waals surface area contributed by atoms with Gasteiger partial charge in [-0.2, -0.15) is 0 Å². The Bertz CT molecular complexity index is 465. The minimum absolute atomic E-state index is 0.00968. The van der Waals surface area contributed by atoms with Gasteiger partial charge in [0, 0.05) is 9.49 Å². The maximum Gasteiger partial charge on any atom is 0.305 e. The van der Waals surface area contributed by atoms with E-state index in [0.29, 0.717) is 0 Å². The second-order valence-corrected chi connectivity index (χ2v) is 8.99. The van der Waals surface area contributed by atoms with Crippen LogP contribution in [0, 0.1) is 0 Å². The molecule has 0 aromatic heterocycles. The number of carbonyl (C=O) groups excluding carboxylic acids is 2. The monoisotopic (exact) mass is 331 g/mol. The number of rotatable bonds is 6. The predicted octanol–water partition coefficient (Wildman–Crippen LogP) is 0.0819. The summed E-state index contributed by atoms with van der Waals surface area (Å²) in [4.78, 5) is 34.5. The second kappa shape index (κ2) is 6.45. The van der Waals surface area contributed by atoms with E-state index in [4.69, 9.17) is 10.8 Å². The average Bonchev–Trinajstić information content (AvgIpc) is 2.32. The smallest absolute Gasteiger partial charge is 0.305 e. The maximum atomic E-state index is 12.2. The molecule has 0 aliphatic carbocycles. The normalized spacial score (nSPS) is 22.1. The fourth-order valence-corrected chi connectivity index (χ4v) is 4.97. The van der Waals surface area contributed by atoms with E-state index in [1.54, 1.807) is 18.7 Å². The first kappa shape index (κ1) is 18.8. The van der Waals surface area contributed by atoms with E-state index >= 15 is 0 Å². The van der Waals surface area contributed by atoms with Crippen LogP contribution in [0.25, 0.3) is 0 Å². The molecule has 126 valence electrons. The molecule has 2 amide bonds. The van der Waals surface area contributed by atoms with E-state index in [1.807, 2.05) is 0 Å². The molecule has 0 saturated carbocycles. The lowest BCUT2D eigenvalue weighted by molar-refractivity contribution is -0.139. The largest absolute Gasteiger partial charge is 0.481 e. The number of carboxylic acid groups (broad SMARTS) is 1. The molecule has 1 aliphatic heterocycles. The summed E-state index contributed by atoms with van der Waals surface area (Å²) >= 11 is 1.79. The molecule has 0 bridgehead atoms. The number of carboxylic acids is 1. The van der Waals surface area contributed by atoms with Gasteiger partial charge in [-0.05, 0) is 34.6 Å². The lowest BCUT2D eigenvalue weighted by atomic mass is 9.89. The molecule has 0 aromatic carbocycles. The van der Waals surface area contributed by atoms with Gasteiger partial charge in [-0.15, -0.1) is 11.8 Å². The standard InChI is InChI=1S/C14H25N3O4S/c1-7(16-11(21)8(15)6-9(18)19)10(20)17-12-13(2,3)22-14(12,4)5/h7-8,12H,6,15H2,1-5H3,(H,16,21)(H,17,20)(H,18,19)/t7-,8?/m1/s1. The van der Waals surface area contributed by atoms with Gasteiger partial charge in [-0.25, -0.2) is 0 Å². The van der Waals surface area contributed by atoms with Crippen molar-refractivity contribution < 1.29 is 19.5 Å². The first-order chi connectivity index (χ1) is 9.86. The first-order valence-corrected chi connectivity index (χ1v) is 7.97. The van der Waals surface area contributed by atoms with Crippen LogP contribution in [-0.4, -0.2) is 50.5 Å². The second-order valence-electron chi connectivity index (χ2n) is 6.69. The Labute approximate surface area is 134 Å². The van der Waals surface area contributed by atoms with E-state index in [-0.39, 0.29) is 21.4 Å². The van der Waals surface area contributed by atoms with Gasteiger partial charge >= 0.3 is 5.97 Å². The van der Waals surface area contributed by atoms with Gasteiger partial charge in [0.2, 0.25) is 11.8 Å². The number of thioether (sulfide) groups is 1. The fourth-order valence-electron chi connectivity index (χ4n) is 2.86. The highest BCUT2D eigenvalue weighted by Gasteiger charge is 2.54. The van der Waals surface area contributed by atoms with Gasteiger partial charge < -0.3 is 21.5 Å². The van der Waals surface area contributed by atoms with Gasteiger partial charge in [-0.1, -0.05) is 0 Å². The van der Waals surface area contributed by atoms with E-state index < -0.39 is 30.4 Å². The van der Waals surface area contributed by atoms with Crippen molar-refractivity contribution in [3.05, 3.63) is 0 Å². The maximum absolute atomic E-state index is 12.2. The van der Waals surface area contributed by atoms with E-state index in [0.717, 1.165) is 0 Å². The quantitative estimate of drug-likeness (QED) is 0.547. The topological polar surface area (TPSA) is 122 Å². The van der Waals surface area contributed by atoms with Gasteiger partial charge in [0.15, 0.2) is 0 Å². The highest BCUT2D eigenvalue weighted by molar-refractivity contribution is 8.03. The Morgan fingerprint density at radius 2 is 1.68 bits per heavy atom. The van der Waals surface area contributed by atoms with E-state index in [2.05, 4.69) is 38.3 Å². The van der Waals surface area contributed by atoms with Crippen molar-refractivity contribution in [1.82, 2.24) is 10.6 Å². The number of hydrogen-bond donors (Lipinski definition) is 4. The number of nitrogens with one attached hydrogen (secondary N) is 2. The number of hydrogen-bond acceptors (Lipinski definition) is 5. The Kier molecular flexibility index (Phi) is 5.51. The summed E-state index contributed by atoms with van der Waals surface area (Å²) in [6.07, 6.45) is -0.473. The van der Waals surface area contributed by atoms with Crippen molar-refractivity contribution in [2.24, 2.45) is 5.73 Å². The van der Waals surface area contributed by atoms with Crippen LogP contribution in [-0.2, 0) is 14.4 Å². The molecular weight excluding hydrogens is 306 g/mol. The Hall–Kier alpha value is -1.28. The van der Waals surface area contributed by atoms with Gasteiger partial charge in [0.1, 0.15) is 6.04 Å². The predicted molar refractivity (Wildman–Crippen MR) is 85.5 cm³/mol. The van der Waals surface area contributed by atoms with Crippen LogP contribution < -0.4 is 16.4 Å². The molecule has 1 rings (SSSR count). The minimum atomic E-state index is -1.17. The minimum Gasteiger partial charge on any atom is -0.481 e. The third-order valence-corrected chi connectivity index (χ3v) is 5.21. The summed E-state index contributed by atoms with van der Waals surface area (Å²) < 4.78 is -0.134. The third kappa shape index (κ3) is 4.36. The van der Waals surface area contributed by atoms with Gasteiger partial charge in [0.25, 0.3) is 0 Å². The molecule has 8 heteroatoms. The summed E-state index contributed by atoms with van der Waals surface area (Å²) in [5.41, 5.74) is 5.46. The molecule has 2 atom stereocenters. The van der Waals surface area contributed by atoms with E-state index in [9.17, 15) is 14.4 Å². The van der Waals surface area contributed by atoms with Crippen LogP contribution in [0.3, 0.4) is 0 Å². The number of nitrogens with two attached hydrogens (primary N) is 1. The van der Waals surface area contributed by atoms with Crippen molar-refractivity contribution in [3.63, 3.8) is 0 Å². The summed E-state index contributed by atoms with van der Waals surface area (Å²) in [6.45, 7) is 9.77. The molecule has 1 aliphatic rings. The SMILES string of the molecule is C[C@@H](NC(=O)C(N)CC(=O)O)C(=O)NC1C(C)(C)SC1(C)C. The highest BCUT2D eigenvalue weighted by atomic mass is 32.2. The number of amides is 2. The van der Waals surface area contributed by atoms with Crippen molar-refractivity contribution >= 4 is 29.5 Å². The summed E-state index contributed by atoms with van der Waals surface area (Å²) in [7, 11) is 0. The first-order valence-electron chi connectivity index (χ1n) is 7.15. The van der Waals surface area contributed by atoms with Crippen molar-refractivity contribution in [2.75, 3.05) is 0 Å². The van der Waals surface area contributed by atoms with Crippen LogP contribution in [0.4, 0.5) is 0 Å². The van der Waals surface area contributed by atoms with Crippen molar-refractivity contribution in [2.45, 2.75) is 68.7 Å². The molecule has 0 aromatic rings. The van der Waals surface area contributed by atoms with Crippen LogP contribution in [0.15, 0.2) is 0 Å². The molecule has 1 fully saturated rings. The Balaban J connectivity index is 2.55. The molecule has 0 spiro atoms. The van der Waals surface area contributed by atoms with Gasteiger partial charge in [-0.3, -0.25) is 14.4 Å². The zero-order valence-electron chi connectivity index (χ0n) is 13.6. The van der Waals surface area contributed by atoms with E-state index in [1.165, 1.54) is 0 Å². The summed E-state index contributed by atoms with van der Waals surface area (Å²) in [5.74, 6) is -2.11. The number of aliphatic carboxylic acids is 1. The summed E-state index contributed by atoms with van der Waals surface area (Å²) in [5, 5.41) is 14.0. The Morgan fingerprint density at radius 3 is 2.09 bits per heavy atom. The molecular formula is C14H25N3O4S. The van der Waals surface area contributed by atoms with Crippen LogP contribution in [0.2, 0.25) is 0 Å². The third-order valence-electron chi connectivity index (χ3n) is 3.69. The Morgan fingerprint density at radius 1 is 1.18 bits per heavy atom. The van der Waals surface area contributed by atoms with Crippen LogP contribution in [0.5, 0.6) is 0 Å². The molecule has 1 heterocycles. The van der Waals surface area contributed by atoms with Crippen molar-refractivity contribution in [3.8, 4) is 0 Å². The molecule has 1 unspecified atom stereocenters.